The van der Waals surface area contributed by atoms with Crippen molar-refractivity contribution in [3.8, 4) is 5.75 Å². The molecule has 2 aliphatic rings. The Hall–Kier alpha value is -1.80. The number of rotatable bonds is 6. The van der Waals surface area contributed by atoms with Crippen LogP contribution in [0.5, 0.6) is 5.75 Å². The molecule has 2 aromatic rings. The molecule has 150 valence electrons. The lowest BCUT2D eigenvalue weighted by Crippen LogP contribution is -2.35. The molecule has 28 heavy (non-hydrogen) atoms. The molecule has 0 spiro atoms. The van der Waals surface area contributed by atoms with Crippen LogP contribution in [0.25, 0.3) is 0 Å². The van der Waals surface area contributed by atoms with Crippen molar-refractivity contribution in [2.45, 2.75) is 76.9 Å². The van der Waals surface area contributed by atoms with Gasteiger partial charge in [0.1, 0.15) is 5.75 Å². The molecule has 0 aliphatic heterocycles. The van der Waals surface area contributed by atoms with E-state index in [1.165, 1.54) is 42.4 Å². The van der Waals surface area contributed by atoms with Crippen molar-refractivity contribution in [1.82, 2.24) is 0 Å². The molecule has 0 saturated heterocycles. The molecule has 0 fully saturated rings. The Bertz CT molecular complexity index is 811. The van der Waals surface area contributed by atoms with Crippen molar-refractivity contribution >= 4 is 0 Å². The topological polar surface area (TPSA) is 18.5 Å². The second-order valence-electron chi connectivity index (χ2n) is 9.32. The number of methoxy groups -OCH3 is 1. The van der Waals surface area contributed by atoms with Gasteiger partial charge in [0.05, 0.1) is 19.3 Å². The highest BCUT2D eigenvalue weighted by Crippen LogP contribution is 2.53. The van der Waals surface area contributed by atoms with Gasteiger partial charge in [-0.15, -0.1) is 0 Å². The maximum Gasteiger partial charge on any atom is 0.119 e. The van der Waals surface area contributed by atoms with E-state index >= 15 is 0 Å². The predicted octanol–water partition coefficient (Wildman–Crippen LogP) is 6.93. The average molecular weight is 379 g/mol. The summed E-state index contributed by atoms with van der Waals surface area (Å²) in [6.45, 7) is 7.62. The van der Waals surface area contributed by atoms with E-state index in [0.717, 1.165) is 12.2 Å². The standard InChI is InChI=1S/C26H34O2/c1-18(2)14-21-11-10-20-12-13-26(3,28-17-19-8-6-5-7-9-19)24-16-22(27-4)15-23(21)25(20)24/h5-9,15-16,18,20-21H,10-14,17H2,1-4H3/t20-,21+,26-/m0/s1. The maximum atomic E-state index is 6.62. The lowest BCUT2D eigenvalue weighted by Gasteiger charge is -2.44. The van der Waals surface area contributed by atoms with Gasteiger partial charge in [-0.3, -0.25) is 0 Å². The van der Waals surface area contributed by atoms with E-state index in [0.29, 0.717) is 24.4 Å². The van der Waals surface area contributed by atoms with Crippen LogP contribution in [-0.4, -0.2) is 7.11 Å². The highest BCUT2D eigenvalue weighted by Gasteiger charge is 2.41. The van der Waals surface area contributed by atoms with Gasteiger partial charge in [-0.05, 0) is 91.2 Å². The summed E-state index contributed by atoms with van der Waals surface area (Å²) in [7, 11) is 1.79. The van der Waals surface area contributed by atoms with Gasteiger partial charge in [0.15, 0.2) is 0 Å². The van der Waals surface area contributed by atoms with Gasteiger partial charge in [-0.2, -0.15) is 0 Å². The minimum Gasteiger partial charge on any atom is -0.497 e. The molecule has 0 bridgehead atoms. The van der Waals surface area contributed by atoms with Crippen molar-refractivity contribution < 1.29 is 9.47 Å². The van der Waals surface area contributed by atoms with Gasteiger partial charge < -0.3 is 9.47 Å². The van der Waals surface area contributed by atoms with E-state index in [4.69, 9.17) is 9.47 Å². The second-order valence-corrected chi connectivity index (χ2v) is 9.32. The fraction of sp³-hybridized carbons (Fsp3) is 0.538. The number of hydrogen-bond donors (Lipinski definition) is 0. The molecule has 2 aromatic carbocycles. The normalized spacial score (nSPS) is 26.2. The third-order valence-corrected chi connectivity index (χ3v) is 6.83. The monoisotopic (exact) mass is 378 g/mol. The first kappa shape index (κ1) is 19.5. The Morgan fingerprint density at radius 2 is 1.86 bits per heavy atom. The van der Waals surface area contributed by atoms with Crippen molar-refractivity contribution in [2.24, 2.45) is 5.92 Å². The lowest BCUT2D eigenvalue weighted by atomic mass is 9.65. The van der Waals surface area contributed by atoms with E-state index in [2.05, 4.69) is 63.2 Å². The Kier molecular flexibility index (Phi) is 5.51. The molecular weight excluding hydrogens is 344 g/mol. The summed E-state index contributed by atoms with van der Waals surface area (Å²) in [5.41, 5.74) is 5.49. The first-order valence-electron chi connectivity index (χ1n) is 10.9. The molecule has 0 unspecified atom stereocenters. The Morgan fingerprint density at radius 1 is 1.07 bits per heavy atom. The van der Waals surface area contributed by atoms with Crippen LogP contribution >= 0.6 is 0 Å². The SMILES string of the molecule is COc1cc2c3c(c1)[C@@](C)(OCc1ccccc1)CC[C@@H]3CC[C@@H]2CC(C)C. The average Bonchev–Trinajstić information content (AvgIpc) is 2.71. The smallest absolute Gasteiger partial charge is 0.119 e. The number of benzene rings is 2. The van der Waals surface area contributed by atoms with E-state index < -0.39 is 0 Å². The third-order valence-electron chi connectivity index (χ3n) is 6.83. The summed E-state index contributed by atoms with van der Waals surface area (Å²) in [6.07, 6.45) is 6.20. The molecule has 0 N–H and O–H groups in total. The van der Waals surface area contributed by atoms with Crippen molar-refractivity contribution in [3.05, 3.63) is 64.7 Å². The predicted molar refractivity (Wildman–Crippen MR) is 115 cm³/mol. The van der Waals surface area contributed by atoms with Crippen LogP contribution in [0.1, 0.15) is 87.0 Å². The van der Waals surface area contributed by atoms with Crippen molar-refractivity contribution in [3.63, 3.8) is 0 Å². The van der Waals surface area contributed by atoms with Crippen LogP contribution in [0.3, 0.4) is 0 Å². The summed E-state index contributed by atoms with van der Waals surface area (Å²) in [4.78, 5) is 0. The van der Waals surface area contributed by atoms with Gasteiger partial charge in [0.25, 0.3) is 0 Å². The fourth-order valence-corrected chi connectivity index (χ4v) is 5.35. The van der Waals surface area contributed by atoms with Crippen LogP contribution in [-0.2, 0) is 16.9 Å². The molecule has 0 amide bonds. The molecule has 0 saturated carbocycles. The molecule has 4 rings (SSSR count). The van der Waals surface area contributed by atoms with Crippen LogP contribution in [0, 0.1) is 5.92 Å². The summed E-state index contributed by atoms with van der Waals surface area (Å²) in [6, 6.07) is 15.1. The van der Waals surface area contributed by atoms with E-state index in [1.54, 1.807) is 12.7 Å². The maximum absolute atomic E-state index is 6.62. The molecule has 0 heterocycles. The summed E-state index contributed by atoms with van der Waals surface area (Å²) in [5, 5.41) is 0. The molecule has 0 radical (unpaired) electrons. The minimum absolute atomic E-state index is 0.245. The van der Waals surface area contributed by atoms with E-state index in [-0.39, 0.29) is 5.60 Å². The summed E-state index contributed by atoms with van der Waals surface area (Å²) < 4.78 is 12.4. The highest BCUT2D eigenvalue weighted by atomic mass is 16.5. The van der Waals surface area contributed by atoms with Crippen molar-refractivity contribution in [2.75, 3.05) is 7.11 Å². The molecule has 2 heteroatoms. The second kappa shape index (κ2) is 7.91. The highest BCUT2D eigenvalue weighted by molar-refractivity contribution is 5.51. The quantitative estimate of drug-likeness (QED) is 0.542. The van der Waals surface area contributed by atoms with Crippen LogP contribution in [0.2, 0.25) is 0 Å². The first-order chi connectivity index (χ1) is 13.5. The fourth-order valence-electron chi connectivity index (χ4n) is 5.35. The third kappa shape index (κ3) is 3.72. The molecule has 3 atom stereocenters. The molecule has 2 aliphatic carbocycles. The van der Waals surface area contributed by atoms with Gasteiger partial charge in [0.2, 0.25) is 0 Å². The summed E-state index contributed by atoms with van der Waals surface area (Å²) in [5.74, 6) is 3.04. The van der Waals surface area contributed by atoms with Crippen molar-refractivity contribution in [1.29, 1.82) is 0 Å². The molecule has 2 nitrogen and oxygen atoms in total. The zero-order valence-corrected chi connectivity index (χ0v) is 17.8. The lowest BCUT2D eigenvalue weighted by molar-refractivity contribution is -0.0629. The summed E-state index contributed by atoms with van der Waals surface area (Å²) >= 11 is 0. The zero-order valence-electron chi connectivity index (χ0n) is 17.8. The Labute approximate surface area is 170 Å². The van der Waals surface area contributed by atoms with Crippen LogP contribution < -0.4 is 4.74 Å². The largest absolute Gasteiger partial charge is 0.497 e. The first-order valence-corrected chi connectivity index (χ1v) is 10.9. The van der Waals surface area contributed by atoms with Crippen LogP contribution in [0.15, 0.2) is 42.5 Å². The van der Waals surface area contributed by atoms with Gasteiger partial charge in [-0.1, -0.05) is 44.2 Å². The zero-order chi connectivity index (χ0) is 19.7. The van der Waals surface area contributed by atoms with Gasteiger partial charge in [0, 0.05) is 0 Å². The molecule has 0 aromatic heterocycles. The Balaban J connectivity index is 1.72. The van der Waals surface area contributed by atoms with E-state index in [9.17, 15) is 0 Å². The number of ether oxygens (including phenoxy) is 2. The number of hydrogen-bond acceptors (Lipinski definition) is 2. The Morgan fingerprint density at radius 3 is 2.57 bits per heavy atom. The molecular formula is C26H34O2. The van der Waals surface area contributed by atoms with Gasteiger partial charge in [-0.25, -0.2) is 0 Å². The van der Waals surface area contributed by atoms with E-state index in [1.807, 2.05) is 0 Å². The van der Waals surface area contributed by atoms with Crippen LogP contribution in [0.4, 0.5) is 0 Å². The van der Waals surface area contributed by atoms with Gasteiger partial charge >= 0.3 is 0 Å². The minimum atomic E-state index is -0.245.